The first-order valence-electron chi connectivity index (χ1n) is 8.13. The largest absolute Gasteiger partial charge is 0.493 e. The summed E-state index contributed by atoms with van der Waals surface area (Å²) in [5, 5.41) is 13.2. The number of benzene rings is 1. The number of rotatable bonds is 10. The third kappa shape index (κ3) is 5.33. The van der Waals surface area contributed by atoms with Gasteiger partial charge in [0.2, 0.25) is 0 Å². The molecule has 0 radical (unpaired) electrons. The lowest BCUT2D eigenvalue weighted by atomic mass is 9.91. The van der Waals surface area contributed by atoms with Crippen LogP contribution in [0.2, 0.25) is 0 Å². The van der Waals surface area contributed by atoms with Crippen molar-refractivity contribution in [2.45, 2.75) is 58.9 Å². The normalized spacial score (nSPS) is 14.0. The minimum atomic E-state index is -0.152. The second kappa shape index (κ2) is 9.06. The van der Waals surface area contributed by atoms with E-state index < -0.39 is 0 Å². The molecule has 3 nitrogen and oxygen atoms in total. The van der Waals surface area contributed by atoms with Gasteiger partial charge in [-0.15, -0.1) is 0 Å². The molecule has 0 spiro atoms. The van der Waals surface area contributed by atoms with Crippen molar-refractivity contribution in [1.29, 1.82) is 0 Å². The van der Waals surface area contributed by atoms with Crippen LogP contribution in [-0.4, -0.2) is 30.4 Å². The zero-order valence-electron chi connectivity index (χ0n) is 14.0. The van der Waals surface area contributed by atoms with E-state index in [2.05, 4.69) is 39.1 Å². The average Bonchev–Trinajstić information content (AvgIpc) is 2.51. The molecule has 0 heterocycles. The van der Waals surface area contributed by atoms with E-state index in [1.165, 1.54) is 11.1 Å². The van der Waals surface area contributed by atoms with E-state index in [-0.39, 0.29) is 12.1 Å². The molecular formula is C18H31NO2. The van der Waals surface area contributed by atoms with Crippen molar-refractivity contribution in [1.82, 2.24) is 5.32 Å². The molecule has 0 aliphatic heterocycles. The summed E-state index contributed by atoms with van der Waals surface area (Å²) in [5.74, 6) is 0.975. The predicted octanol–water partition coefficient (Wildman–Crippen LogP) is 3.60. The summed E-state index contributed by atoms with van der Waals surface area (Å²) in [6.07, 6.45) is 3.90. The van der Waals surface area contributed by atoms with Crippen molar-refractivity contribution in [2.24, 2.45) is 0 Å². The van der Waals surface area contributed by atoms with E-state index in [0.29, 0.717) is 6.61 Å². The number of aliphatic hydroxyl groups excluding tert-OH is 1. The van der Waals surface area contributed by atoms with Crippen LogP contribution in [0.15, 0.2) is 18.2 Å². The van der Waals surface area contributed by atoms with E-state index >= 15 is 0 Å². The van der Waals surface area contributed by atoms with Crippen molar-refractivity contribution in [3.05, 3.63) is 29.3 Å². The van der Waals surface area contributed by atoms with Gasteiger partial charge in [-0.1, -0.05) is 26.0 Å². The standard InChI is InChI=1S/C18H31NO2/c1-5-12-19-18(6-2,14-20)11-8-13-21-17-10-7-9-15(3)16(17)4/h7,9-10,19-20H,5-6,8,11-14H2,1-4H3. The highest BCUT2D eigenvalue weighted by atomic mass is 16.5. The maximum Gasteiger partial charge on any atom is 0.122 e. The number of aryl methyl sites for hydroxylation is 1. The van der Waals surface area contributed by atoms with Crippen LogP contribution < -0.4 is 10.1 Å². The Bertz CT molecular complexity index is 414. The number of hydrogen-bond donors (Lipinski definition) is 2. The molecule has 120 valence electrons. The summed E-state index contributed by atoms with van der Waals surface area (Å²) in [4.78, 5) is 0. The molecule has 0 bridgehead atoms. The van der Waals surface area contributed by atoms with Gasteiger partial charge in [0, 0.05) is 5.54 Å². The molecule has 1 aromatic carbocycles. The van der Waals surface area contributed by atoms with Crippen molar-refractivity contribution >= 4 is 0 Å². The summed E-state index contributed by atoms with van der Waals surface area (Å²) < 4.78 is 5.90. The molecule has 2 N–H and O–H groups in total. The highest BCUT2D eigenvalue weighted by molar-refractivity contribution is 5.38. The Labute approximate surface area is 129 Å². The molecule has 0 aliphatic rings. The third-order valence-electron chi connectivity index (χ3n) is 4.34. The lowest BCUT2D eigenvalue weighted by molar-refractivity contribution is 0.138. The van der Waals surface area contributed by atoms with Crippen LogP contribution in [0.1, 0.15) is 50.7 Å². The van der Waals surface area contributed by atoms with Gasteiger partial charge in [0.05, 0.1) is 13.2 Å². The number of nitrogens with one attached hydrogen (secondary N) is 1. The van der Waals surface area contributed by atoms with Gasteiger partial charge in [0.1, 0.15) is 5.75 Å². The second-order valence-corrected chi connectivity index (χ2v) is 5.87. The lowest BCUT2D eigenvalue weighted by Crippen LogP contribution is -2.48. The van der Waals surface area contributed by atoms with Crippen LogP contribution in [0, 0.1) is 13.8 Å². The Hall–Kier alpha value is -1.06. The molecule has 1 aromatic rings. The number of ether oxygens (including phenoxy) is 1. The van der Waals surface area contributed by atoms with E-state index in [0.717, 1.165) is 38.0 Å². The Morgan fingerprint density at radius 1 is 1.24 bits per heavy atom. The fraction of sp³-hybridized carbons (Fsp3) is 0.667. The SMILES string of the molecule is CCCNC(CC)(CO)CCCOc1cccc(C)c1C. The van der Waals surface area contributed by atoms with E-state index in [4.69, 9.17) is 4.74 Å². The smallest absolute Gasteiger partial charge is 0.122 e. The first kappa shape index (κ1) is 18.0. The first-order valence-corrected chi connectivity index (χ1v) is 8.13. The van der Waals surface area contributed by atoms with Crippen LogP contribution in [0.25, 0.3) is 0 Å². The first-order chi connectivity index (χ1) is 10.1. The summed E-state index contributed by atoms with van der Waals surface area (Å²) in [7, 11) is 0. The van der Waals surface area contributed by atoms with Crippen LogP contribution in [0.3, 0.4) is 0 Å². The highest BCUT2D eigenvalue weighted by Crippen LogP contribution is 2.22. The Kier molecular flexibility index (Phi) is 7.76. The van der Waals surface area contributed by atoms with E-state index in [1.54, 1.807) is 0 Å². The maximum atomic E-state index is 9.70. The maximum absolute atomic E-state index is 9.70. The number of aliphatic hydroxyl groups is 1. The molecule has 0 fully saturated rings. The zero-order chi connectivity index (χ0) is 15.7. The van der Waals surface area contributed by atoms with Crippen molar-refractivity contribution in [3.63, 3.8) is 0 Å². The summed E-state index contributed by atoms with van der Waals surface area (Å²) in [6.45, 7) is 10.3. The van der Waals surface area contributed by atoms with Gasteiger partial charge < -0.3 is 15.2 Å². The molecule has 0 saturated heterocycles. The topological polar surface area (TPSA) is 41.5 Å². The molecule has 0 amide bonds. The highest BCUT2D eigenvalue weighted by Gasteiger charge is 2.25. The minimum absolute atomic E-state index is 0.152. The van der Waals surface area contributed by atoms with Crippen LogP contribution in [0.5, 0.6) is 5.75 Å². The molecule has 0 aromatic heterocycles. The molecule has 1 atom stereocenters. The quantitative estimate of drug-likeness (QED) is 0.648. The fourth-order valence-corrected chi connectivity index (χ4v) is 2.50. The van der Waals surface area contributed by atoms with E-state index in [1.807, 2.05) is 12.1 Å². The van der Waals surface area contributed by atoms with Crippen molar-refractivity contribution in [2.75, 3.05) is 19.8 Å². The Balaban J connectivity index is 2.45. The predicted molar refractivity (Wildman–Crippen MR) is 89.0 cm³/mol. The Morgan fingerprint density at radius 3 is 2.62 bits per heavy atom. The monoisotopic (exact) mass is 293 g/mol. The summed E-state index contributed by atoms with van der Waals surface area (Å²) in [6, 6.07) is 6.16. The fourth-order valence-electron chi connectivity index (χ4n) is 2.50. The van der Waals surface area contributed by atoms with Gasteiger partial charge in [0.25, 0.3) is 0 Å². The number of hydrogen-bond acceptors (Lipinski definition) is 3. The molecule has 1 rings (SSSR count). The van der Waals surface area contributed by atoms with E-state index in [9.17, 15) is 5.11 Å². The van der Waals surface area contributed by atoms with Crippen molar-refractivity contribution < 1.29 is 9.84 Å². The second-order valence-electron chi connectivity index (χ2n) is 5.87. The van der Waals surface area contributed by atoms with Gasteiger partial charge >= 0.3 is 0 Å². The molecule has 21 heavy (non-hydrogen) atoms. The lowest BCUT2D eigenvalue weighted by Gasteiger charge is -2.32. The van der Waals surface area contributed by atoms with Crippen LogP contribution in [-0.2, 0) is 0 Å². The summed E-state index contributed by atoms with van der Waals surface area (Å²) >= 11 is 0. The van der Waals surface area contributed by atoms with Crippen LogP contribution in [0.4, 0.5) is 0 Å². The van der Waals surface area contributed by atoms with Crippen molar-refractivity contribution in [3.8, 4) is 5.75 Å². The molecule has 0 saturated carbocycles. The van der Waals surface area contributed by atoms with Gasteiger partial charge in [-0.2, -0.15) is 0 Å². The molecule has 1 unspecified atom stereocenters. The minimum Gasteiger partial charge on any atom is -0.493 e. The van der Waals surface area contributed by atoms with Gasteiger partial charge in [-0.25, -0.2) is 0 Å². The molecule has 0 aliphatic carbocycles. The zero-order valence-corrected chi connectivity index (χ0v) is 14.0. The summed E-state index contributed by atoms with van der Waals surface area (Å²) in [5.41, 5.74) is 2.32. The molecular weight excluding hydrogens is 262 g/mol. The van der Waals surface area contributed by atoms with Gasteiger partial charge in [-0.05, 0) is 63.3 Å². The average molecular weight is 293 g/mol. The third-order valence-corrected chi connectivity index (χ3v) is 4.34. The van der Waals surface area contributed by atoms with Gasteiger partial charge in [-0.3, -0.25) is 0 Å². The van der Waals surface area contributed by atoms with Crippen LogP contribution >= 0.6 is 0 Å². The van der Waals surface area contributed by atoms with Gasteiger partial charge in [0.15, 0.2) is 0 Å². The molecule has 3 heteroatoms. The Morgan fingerprint density at radius 2 is 2.00 bits per heavy atom.